The normalized spacial score (nSPS) is 10.2. The molecular weight excluding hydrogens is 242 g/mol. The van der Waals surface area contributed by atoms with E-state index in [1.165, 1.54) is 6.20 Å². The fraction of sp³-hybridized carbons (Fsp3) is 0.154. The van der Waals surface area contributed by atoms with Crippen molar-refractivity contribution in [2.75, 3.05) is 17.7 Å². The standard InChI is InChI=1S/C13H15N5O/c1-18(8-9-4-2-3-5-16-9)12-6-10(13(15)19)11(14)7-17-12/h2-7H,8,14H2,1H3,(H2,15,19). The molecule has 0 radical (unpaired) electrons. The Balaban J connectivity index is 2.22. The lowest BCUT2D eigenvalue weighted by molar-refractivity contribution is 0.100. The van der Waals surface area contributed by atoms with Crippen molar-refractivity contribution in [1.82, 2.24) is 9.97 Å². The van der Waals surface area contributed by atoms with Crippen molar-refractivity contribution in [3.63, 3.8) is 0 Å². The number of amides is 1. The SMILES string of the molecule is CN(Cc1ccccn1)c1cc(C(N)=O)c(N)cn1. The molecule has 0 saturated heterocycles. The monoisotopic (exact) mass is 257 g/mol. The van der Waals surface area contributed by atoms with Crippen LogP contribution in [0.4, 0.5) is 11.5 Å². The number of rotatable bonds is 4. The maximum absolute atomic E-state index is 11.2. The molecule has 2 aromatic rings. The minimum atomic E-state index is -0.563. The molecule has 0 bridgehead atoms. The Kier molecular flexibility index (Phi) is 3.61. The Morgan fingerprint density at radius 3 is 2.79 bits per heavy atom. The van der Waals surface area contributed by atoms with Crippen molar-refractivity contribution >= 4 is 17.4 Å². The zero-order valence-electron chi connectivity index (χ0n) is 10.6. The van der Waals surface area contributed by atoms with E-state index in [-0.39, 0.29) is 11.3 Å². The van der Waals surface area contributed by atoms with Crippen LogP contribution in [-0.2, 0) is 6.54 Å². The summed E-state index contributed by atoms with van der Waals surface area (Å²) >= 11 is 0. The van der Waals surface area contributed by atoms with Gasteiger partial charge in [0.2, 0.25) is 0 Å². The number of primary amides is 1. The predicted molar refractivity (Wildman–Crippen MR) is 73.5 cm³/mol. The summed E-state index contributed by atoms with van der Waals surface area (Å²) in [6.45, 7) is 0.579. The van der Waals surface area contributed by atoms with Crippen LogP contribution in [0.1, 0.15) is 16.1 Å². The summed E-state index contributed by atoms with van der Waals surface area (Å²) in [4.78, 5) is 21.5. The van der Waals surface area contributed by atoms with Crippen molar-refractivity contribution in [3.8, 4) is 0 Å². The highest BCUT2D eigenvalue weighted by atomic mass is 16.1. The third-order valence-corrected chi connectivity index (χ3v) is 2.70. The van der Waals surface area contributed by atoms with Gasteiger partial charge in [0.1, 0.15) is 5.82 Å². The van der Waals surface area contributed by atoms with Gasteiger partial charge in [0.15, 0.2) is 0 Å². The van der Waals surface area contributed by atoms with Crippen LogP contribution in [-0.4, -0.2) is 22.9 Å². The largest absolute Gasteiger partial charge is 0.397 e. The van der Waals surface area contributed by atoms with Gasteiger partial charge in [0.05, 0.1) is 29.7 Å². The Hall–Kier alpha value is -2.63. The molecule has 0 fully saturated rings. The van der Waals surface area contributed by atoms with E-state index in [4.69, 9.17) is 11.5 Å². The Morgan fingerprint density at radius 2 is 2.16 bits per heavy atom. The van der Waals surface area contributed by atoms with Crippen LogP contribution in [0.25, 0.3) is 0 Å². The molecule has 6 nitrogen and oxygen atoms in total. The second-order valence-corrected chi connectivity index (χ2v) is 4.17. The second-order valence-electron chi connectivity index (χ2n) is 4.17. The average molecular weight is 257 g/mol. The molecule has 0 aliphatic heterocycles. The van der Waals surface area contributed by atoms with Gasteiger partial charge in [-0.1, -0.05) is 6.07 Å². The molecule has 2 rings (SSSR count). The van der Waals surface area contributed by atoms with Gasteiger partial charge in [-0.25, -0.2) is 4.98 Å². The van der Waals surface area contributed by atoms with E-state index in [1.54, 1.807) is 12.3 Å². The highest BCUT2D eigenvalue weighted by Crippen LogP contribution is 2.18. The molecule has 0 saturated carbocycles. The molecule has 0 unspecified atom stereocenters. The fourth-order valence-corrected chi connectivity index (χ4v) is 1.69. The van der Waals surface area contributed by atoms with Crippen molar-refractivity contribution < 1.29 is 4.79 Å². The second kappa shape index (κ2) is 5.34. The number of nitrogens with zero attached hydrogens (tertiary/aromatic N) is 3. The molecule has 2 aromatic heterocycles. The van der Waals surface area contributed by atoms with Crippen LogP contribution >= 0.6 is 0 Å². The molecule has 19 heavy (non-hydrogen) atoms. The van der Waals surface area contributed by atoms with Gasteiger partial charge in [0.25, 0.3) is 5.91 Å². The molecule has 4 N–H and O–H groups in total. The first-order chi connectivity index (χ1) is 9.08. The average Bonchev–Trinajstić information content (AvgIpc) is 2.40. The van der Waals surface area contributed by atoms with Crippen LogP contribution in [0.5, 0.6) is 0 Å². The number of nitrogen functional groups attached to an aromatic ring is 1. The summed E-state index contributed by atoms with van der Waals surface area (Å²) in [5.41, 5.74) is 12.4. The van der Waals surface area contributed by atoms with E-state index in [0.717, 1.165) is 5.69 Å². The molecule has 2 heterocycles. The van der Waals surface area contributed by atoms with E-state index in [2.05, 4.69) is 9.97 Å². The van der Waals surface area contributed by atoms with Crippen molar-refractivity contribution in [2.24, 2.45) is 5.73 Å². The third-order valence-electron chi connectivity index (χ3n) is 2.70. The van der Waals surface area contributed by atoms with Crippen molar-refractivity contribution in [3.05, 3.63) is 47.9 Å². The lowest BCUT2D eigenvalue weighted by atomic mass is 10.2. The molecular formula is C13H15N5O. The number of nitrogens with two attached hydrogens (primary N) is 2. The van der Waals surface area contributed by atoms with Crippen molar-refractivity contribution in [2.45, 2.75) is 6.54 Å². The van der Waals surface area contributed by atoms with Crippen LogP contribution in [0.2, 0.25) is 0 Å². The summed E-state index contributed by atoms with van der Waals surface area (Å²) in [7, 11) is 1.86. The summed E-state index contributed by atoms with van der Waals surface area (Å²) < 4.78 is 0. The summed E-state index contributed by atoms with van der Waals surface area (Å²) in [5.74, 6) is 0.0565. The first-order valence-corrected chi connectivity index (χ1v) is 5.74. The third kappa shape index (κ3) is 2.98. The van der Waals surface area contributed by atoms with Gasteiger partial charge in [-0.15, -0.1) is 0 Å². The molecule has 0 atom stereocenters. The van der Waals surface area contributed by atoms with Gasteiger partial charge >= 0.3 is 0 Å². The molecule has 0 aliphatic rings. The number of anilines is 2. The minimum absolute atomic E-state index is 0.276. The van der Waals surface area contributed by atoms with Gasteiger partial charge in [-0.05, 0) is 18.2 Å². The number of carbonyl (C=O) groups is 1. The molecule has 0 aliphatic carbocycles. The van der Waals surface area contributed by atoms with E-state index >= 15 is 0 Å². The molecule has 98 valence electrons. The van der Waals surface area contributed by atoms with E-state index in [9.17, 15) is 4.79 Å². The molecule has 0 spiro atoms. The van der Waals surface area contributed by atoms with Gasteiger partial charge in [-0.3, -0.25) is 9.78 Å². The van der Waals surface area contributed by atoms with E-state index in [1.807, 2.05) is 30.1 Å². The predicted octanol–water partition coefficient (Wildman–Crippen LogP) is 0.794. The van der Waals surface area contributed by atoms with E-state index in [0.29, 0.717) is 12.4 Å². The summed E-state index contributed by atoms with van der Waals surface area (Å²) in [5, 5.41) is 0. The highest BCUT2D eigenvalue weighted by Gasteiger charge is 2.11. The first-order valence-electron chi connectivity index (χ1n) is 5.74. The van der Waals surface area contributed by atoms with Gasteiger partial charge in [-0.2, -0.15) is 0 Å². The number of carbonyl (C=O) groups excluding carboxylic acids is 1. The first kappa shape index (κ1) is 12.8. The number of hydrogen-bond donors (Lipinski definition) is 2. The lowest BCUT2D eigenvalue weighted by Crippen LogP contribution is -2.20. The highest BCUT2D eigenvalue weighted by molar-refractivity contribution is 5.98. The number of hydrogen-bond acceptors (Lipinski definition) is 5. The zero-order valence-corrected chi connectivity index (χ0v) is 10.6. The fourth-order valence-electron chi connectivity index (χ4n) is 1.69. The number of pyridine rings is 2. The van der Waals surface area contributed by atoms with Crippen LogP contribution in [0.15, 0.2) is 36.7 Å². The maximum Gasteiger partial charge on any atom is 0.250 e. The molecule has 1 amide bonds. The number of aromatic nitrogens is 2. The van der Waals surface area contributed by atoms with Crippen LogP contribution in [0, 0.1) is 0 Å². The Labute approximate surface area is 111 Å². The summed E-state index contributed by atoms with van der Waals surface area (Å²) in [6, 6.07) is 7.28. The Morgan fingerprint density at radius 1 is 1.37 bits per heavy atom. The molecule has 6 heteroatoms. The van der Waals surface area contributed by atoms with Gasteiger partial charge < -0.3 is 16.4 Å². The van der Waals surface area contributed by atoms with Gasteiger partial charge in [0, 0.05) is 13.2 Å². The van der Waals surface area contributed by atoms with E-state index < -0.39 is 5.91 Å². The van der Waals surface area contributed by atoms with Crippen LogP contribution in [0.3, 0.4) is 0 Å². The maximum atomic E-state index is 11.2. The quantitative estimate of drug-likeness (QED) is 0.844. The zero-order chi connectivity index (χ0) is 13.8. The molecule has 0 aromatic carbocycles. The van der Waals surface area contributed by atoms with Crippen molar-refractivity contribution in [1.29, 1.82) is 0 Å². The topological polar surface area (TPSA) is 98.1 Å². The van der Waals surface area contributed by atoms with Crippen LogP contribution < -0.4 is 16.4 Å². The smallest absolute Gasteiger partial charge is 0.250 e. The Bertz CT molecular complexity index is 585. The lowest BCUT2D eigenvalue weighted by Gasteiger charge is -2.18. The summed E-state index contributed by atoms with van der Waals surface area (Å²) in [6.07, 6.45) is 3.17. The minimum Gasteiger partial charge on any atom is -0.397 e.